The smallest absolute Gasteiger partial charge is 0.220 e. The van der Waals surface area contributed by atoms with E-state index in [0.717, 1.165) is 4.68 Å². The summed E-state index contributed by atoms with van der Waals surface area (Å²) in [5.74, 6) is -0.431. The lowest BCUT2D eigenvalue weighted by atomic mass is 10.3. The van der Waals surface area contributed by atoms with E-state index in [2.05, 4.69) is 5.10 Å². The first-order chi connectivity index (χ1) is 7.22. The fourth-order valence-corrected chi connectivity index (χ4v) is 1.31. The predicted octanol–water partition coefficient (Wildman–Crippen LogP) is 1.18. The van der Waals surface area contributed by atoms with Crippen molar-refractivity contribution in [3.8, 4) is 11.4 Å². The Balaban J connectivity index is 2.49. The van der Waals surface area contributed by atoms with E-state index in [1.165, 1.54) is 18.3 Å². The molecule has 0 aliphatic rings. The van der Waals surface area contributed by atoms with Crippen molar-refractivity contribution in [3.05, 3.63) is 42.0 Å². The molecule has 0 saturated carbocycles. The molecule has 15 heavy (non-hydrogen) atoms. The third kappa shape index (κ3) is 1.69. The second kappa shape index (κ2) is 3.70. The minimum Gasteiger partial charge on any atom is -0.508 e. The van der Waals surface area contributed by atoms with Gasteiger partial charge in [0.1, 0.15) is 5.75 Å². The van der Waals surface area contributed by atoms with E-state index in [0.29, 0.717) is 11.3 Å². The molecule has 0 bridgehead atoms. The van der Waals surface area contributed by atoms with Crippen molar-refractivity contribution in [1.82, 2.24) is 9.78 Å². The Labute approximate surface area is 85.8 Å². The zero-order chi connectivity index (χ0) is 10.8. The summed E-state index contributed by atoms with van der Waals surface area (Å²) in [5.41, 5.74) is 6.14. The van der Waals surface area contributed by atoms with Crippen LogP contribution in [0.15, 0.2) is 30.5 Å². The van der Waals surface area contributed by atoms with E-state index in [4.69, 9.17) is 5.73 Å². The highest BCUT2D eigenvalue weighted by molar-refractivity contribution is 5.38. The third-order valence-electron chi connectivity index (χ3n) is 2.07. The van der Waals surface area contributed by atoms with Crippen LogP contribution in [0, 0.1) is 5.95 Å². The van der Waals surface area contributed by atoms with Gasteiger partial charge in [-0.2, -0.15) is 9.49 Å². The molecule has 0 amide bonds. The lowest BCUT2D eigenvalue weighted by Crippen LogP contribution is -2.02. The predicted molar refractivity (Wildman–Crippen MR) is 53.1 cm³/mol. The average molecular weight is 207 g/mol. The van der Waals surface area contributed by atoms with Crippen LogP contribution >= 0.6 is 0 Å². The topological polar surface area (TPSA) is 64.1 Å². The number of rotatable bonds is 2. The monoisotopic (exact) mass is 207 g/mol. The molecule has 1 aromatic carbocycles. The number of hydrogen-bond acceptors (Lipinski definition) is 3. The van der Waals surface area contributed by atoms with E-state index in [9.17, 15) is 9.50 Å². The van der Waals surface area contributed by atoms with Crippen molar-refractivity contribution in [2.75, 3.05) is 0 Å². The molecule has 3 N–H and O–H groups in total. The van der Waals surface area contributed by atoms with Gasteiger partial charge in [-0.15, -0.1) is 0 Å². The van der Waals surface area contributed by atoms with Crippen molar-refractivity contribution in [2.24, 2.45) is 5.73 Å². The Bertz CT molecular complexity index is 481. The Kier molecular flexibility index (Phi) is 2.39. The van der Waals surface area contributed by atoms with E-state index < -0.39 is 5.95 Å². The van der Waals surface area contributed by atoms with Crippen molar-refractivity contribution < 1.29 is 9.50 Å². The fourth-order valence-electron chi connectivity index (χ4n) is 1.31. The molecule has 0 aliphatic heterocycles. The van der Waals surface area contributed by atoms with Crippen LogP contribution in [0.5, 0.6) is 5.75 Å². The molecule has 1 heterocycles. The standard InChI is InChI=1S/C10H10FN3O/c11-10-7(5-12)6-13-14(10)8-2-1-3-9(15)4-8/h1-4,6,15H,5,12H2. The Morgan fingerprint density at radius 3 is 2.87 bits per heavy atom. The average Bonchev–Trinajstić information content (AvgIpc) is 2.59. The summed E-state index contributed by atoms with van der Waals surface area (Å²) in [6.45, 7) is 0.102. The molecular formula is C10H10FN3O. The number of aromatic hydroxyl groups is 1. The summed E-state index contributed by atoms with van der Waals surface area (Å²) in [6, 6.07) is 6.20. The molecule has 0 saturated heterocycles. The molecule has 2 aromatic rings. The maximum atomic E-state index is 13.6. The first-order valence-electron chi connectivity index (χ1n) is 4.44. The van der Waals surface area contributed by atoms with Gasteiger partial charge in [0, 0.05) is 18.2 Å². The van der Waals surface area contributed by atoms with Crippen molar-refractivity contribution in [3.63, 3.8) is 0 Å². The maximum absolute atomic E-state index is 13.6. The van der Waals surface area contributed by atoms with E-state index in [-0.39, 0.29) is 12.3 Å². The number of nitrogens with two attached hydrogens (primary N) is 1. The Morgan fingerprint density at radius 1 is 1.47 bits per heavy atom. The molecule has 0 spiro atoms. The summed E-state index contributed by atoms with van der Waals surface area (Å²) in [7, 11) is 0. The summed E-state index contributed by atoms with van der Waals surface area (Å²) < 4.78 is 14.7. The largest absolute Gasteiger partial charge is 0.508 e. The van der Waals surface area contributed by atoms with Crippen molar-refractivity contribution in [1.29, 1.82) is 0 Å². The summed E-state index contributed by atoms with van der Waals surface area (Å²) >= 11 is 0. The molecular weight excluding hydrogens is 197 g/mol. The SMILES string of the molecule is NCc1cnn(-c2cccc(O)c2)c1F. The van der Waals surface area contributed by atoms with Gasteiger partial charge in [-0.3, -0.25) is 0 Å². The zero-order valence-electron chi connectivity index (χ0n) is 7.89. The van der Waals surface area contributed by atoms with Gasteiger partial charge in [-0.1, -0.05) is 6.07 Å². The van der Waals surface area contributed by atoms with Crippen molar-refractivity contribution >= 4 is 0 Å². The highest BCUT2D eigenvalue weighted by Gasteiger charge is 2.10. The Morgan fingerprint density at radius 2 is 2.27 bits per heavy atom. The quantitative estimate of drug-likeness (QED) is 0.777. The molecule has 5 heteroatoms. The van der Waals surface area contributed by atoms with E-state index >= 15 is 0 Å². The van der Waals surface area contributed by atoms with Gasteiger partial charge in [-0.05, 0) is 12.1 Å². The van der Waals surface area contributed by atoms with E-state index in [1.54, 1.807) is 12.1 Å². The maximum Gasteiger partial charge on any atom is 0.220 e. The van der Waals surface area contributed by atoms with Crippen LogP contribution in [0.25, 0.3) is 5.69 Å². The molecule has 4 nitrogen and oxygen atoms in total. The Hall–Kier alpha value is -1.88. The number of phenolic OH excluding ortho intramolecular Hbond substituents is 1. The minimum absolute atomic E-state index is 0.0664. The third-order valence-corrected chi connectivity index (χ3v) is 2.07. The second-order valence-corrected chi connectivity index (χ2v) is 3.10. The number of aromatic nitrogens is 2. The van der Waals surface area contributed by atoms with Crippen LogP contribution in [0.1, 0.15) is 5.56 Å². The van der Waals surface area contributed by atoms with Crippen LogP contribution in [0.3, 0.4) is 0 Å². The number of hydrogen-bond donors (Lipinski definition) is 2. The molecule has 0 atom stereocenters. The minimum atomic E-state index is -0.497. The van der Waals surface area contributed by atoms with Crippen LogP contribution in [-0.2, 0) is 6.54 Å². The molecule has 1 aromatic heterocycles. The van der Waals surface area contributed by atoms with Gasteiger partial charge in [0.15, 0.2) is 0 Å². The fraction of sp³-hybridized carbons (Fsp3) is 0.100. The summed E-state index contributed by atoms with van der Waals surface area (Å²) in [4.78, 5) is 0. The first kappa shape index (κ1) is 9.67. The molecule has 0 aliphatic carbocycles. The lowest BCUT2D eigenvalue weighted by Gasteiger charge is -2.02. The lowest BCUT2D eigenvalue weighted by molar-refractivity contribution is 0.473. The second-order valence-electron chi connectivity index (χ2n) is 3.10. The number of benzene rings is 1. The highest BCUT2D eigenvalue weighted by Crippen LogP contribution is 2.17. The van der Waals surface area contributed by atoms with Crippen LogP contribution in [0.2, 0.25) is 0 Å². The molecule has 0 fully saturated rings. The van der Waals surface area contributed by atoms with Crippen LogP contribution in [-0.4, -0.2) is 14.9 Å². The number of phenols is 1. The van der Waals surface area contributed by atoms with Gasteiger partial charge < -0.3 is 10.8 Å². The molecule has 78 valence electrons. The van der Waals surface area contributed by atoms with Crippen LogP contribution in [0.4, 0.5) is 4.39 Å². The van der Waals surface area contributed by atoms with Crippen molar-refractivity contribution in [2.45, 2.75) is 6.54 Å². The van der Waals surface area contributed by atoms with Crippen LogP contribution < -0.4 is 5.73 Å². The zero-order valence-corrected chi connectivity index (χ0v) is 7.89. The molecule has 0 radical (unpaired) electrons. The molecule has 2 rings (SSSR count). The van der Waals surface area contributed by atoms with Gasteiger partial charge >= 0.3 is 0 Å². The van der Waals surface area contributed by atoms with Gasteiger partial charge in [0.25, 0.3) is 0 Å². The first-order valence-corrected chi connectivity index (χ1v) is 4.44. The summed E-state index contributed by atoms with van der Waals surface area (Å²) in [5, 5.41) is 13.1. The summed E-state index contributed by atoms with van der Waals surface area (Å²) in [6.07, 6.45) is 1.37. The van der Waals surface area contributed by atoms with Gasteiger partial charge in [0.2, 0.25) is 5.95 Å². The number of halogens is 1. The highest BCUT2D eigenvalue weighted by atomic mass is 19.1. The molecule has 0 unspecified atom stereocenters. The van der Waals surface area contributed by atoms with Gasteiger partial charge in [-0.25, -0.2) is 4.68 Å². The van der Waals surface area contributed by atoms with Gasteiger partial charge in [0.05, 0.1) is 11.9 Å². The normalized spacial score (nSPS) is 10.5. The van der Waals surface area contributed by atoms with E-state index in [1.807, 2.05) is 0 Å². The number of nitrogens with zero attached hydrogens (tertiary/aromatic N) is 2.